The third kappa shape index (κ3) is 6.64. The minimum Gasteiger partial charge on any atom is -0.463 e. The minimum absolute atomic E-state index is 0.0199. The molecule has 15 heteroatoms. The fourth-order valence-electron chi connectivity index (χ4n) is 5.24. The van der Waals surface area contributed by atoms with Gasteiger partial charge in [0.1, 0.15) is 38.7 Å². The number of aromatic nitrogens is 3. The van der Waals surface area contributed by atoms with Gasteiger partial charge in [-0.25, -0.2) is 28.2 Å². The smallest absolute Gasteiger partial charge is 0.319 e. The molecule has 1 aliphatic heterocycles. The Labute approximate surface area is 261 Å². The highest BCUT2D eigenvalue weighted by Gasteiger charge is 2.35. The molecule has 5 rings (SSSR count). The number of fused-ring (bicyclic) bond motifs is 2. The molecule has 3 heterocycles. The lowest BCUT2D eigenvalue weighted by Crippen LogP contribution is -2.56. The van der Waals surface area contributed by atoms with Gasteiger partial charge in [-0.2, -0.15) is 9.97 Å². The van der Waals surface area contributed by atoms with Crippen LogP contribution in [-0.4, -0.2) is 85.0 Å². The summed E-state index contributed by atoms with van der Waals surface area (Å²) < 4.78 is 73.4. The van der Waals surface area contributed by atoms with Crippen LogP contribution in [0.1, 0.15) is 6.42 Å². The van der Waals surface area contributed by atoms with Gasteiger partial charge in [0.25, 0.3) is 5.91 Å². The van der Waals surface area contributed by atoms with E-state index in [-0.39, 0.29) is 89.4 Å². The molecule has 1 aliphatic rings. The molecule has 1 atom stereocenters. The maximum atomic E-state index is 16.5. The first-order valence-electron chi connectivity index (χ1n) is 13.7. The monoisotopic (exact) mass is 658 g/mol. The summed E-state index contributed by atoms with van der Waals surface area (Å²) in [6, 6.07) is 6.66. The summed E-state index contributed by atoms with van der Waals surface area (Å²) in [5, 5.41) is 0.798. The van der Waals surface area contributed by atoms with E-state index in [0.717, 1.165) is 6.26 Å². The molecule has 1 amide bonds. The molecule has 2 aromatic carbocycles. The van der Waals surface area contributed by atoms with Crippen molar-refractivity contribution in [1.82, 2.24) is 19.9 Å². The first-order valence-corrected chi connectivity index (χ1v) is 16.1. The Bertz CT molecular complexity index is 1990. The van der Waals surface area contributed by atoms with Crippen LogP contribution >= 0.6 is 11.6 Å². The van der Waals surface area contributed by atoms with Crippen molar-refractivity contribution in [2.24, 2.45) is 0 Å². The van der Waals surface area contributed by atoms with Gasteiger partial charge in [-0.1, -0.05) is 42.4 Å². The van der Waals surface area contributed by atoms with Gasteiger partial charge in [-0.3, -0.25) is 9.78 Å². The van der Waals surface area contributed by atoms with E-state index in [9.17, 15) is 22.0 Å². The Morgan fingerprint density at radius 1 is 1.22 bits per heavy atom. The number of sulfone groups is 1. The largest absolute Gasteiger partial charge is 0.463 e. The fraction of sp³-hybridized carbons (Fsp3) is 0.300. The lowest BCUT2D eigenvalue weighted by molar-refractivity contribution is -0.131. The maximum absolute atomic E-state index is 16.5. The Balaban J connectivity index is 1.62. The van der Waals surface area contributed by atoms with Crippen LogP contribution in [0.3, 0.4) is 0 Å². The molecule has 45 heavy (non-hydrogen) atoms. The number of carbonyl (C=O) groups is 1. The molecule has 234 valence electrons. The van der Waals surface area contributed by atoms with E-state index in [0.29, 0.717) is 5.39 Å². The summed E-state index contributed by atoms with van der Waals surface area (Å²) in [6.45, 7) is 10.4. The zero-order valence-electron chi connectivity index (χ0n) is 23.9. The van der Waals surface area contributed by atoms with Crippen LogP contribution in [0.5, 0.6) is 6.01 Å². The first kappa shape index (κ1) is 31.9. The quantitative estimate of drug-likeness (QED) is 0.140. The molecule has 0 radical (unpaired) electrons. The molecule has 0 spiro atoms. The zero-order chi connectivity index (χ0) is 32.5. The predicted octanol–water partition coefficient (Wildman–Crippen LogP) is 5.01. The number of rotatable bonds is 9. The molecule has 0 N–H and O–H groups in total. The second-order valence-corrected chi connectivity index (χ2v) is 13.1. The highest BCUT2D eigenvalue weighted by Crippen LogP contribution is 2.38. The third-order valence-corrected chi connectivity index (χ3v) is 8.70. The molecule has 10 nitrogen and oxygen atoms in total. The van der Waals surface area contributed by atoms with Crippen LogP contribution in [0.15, 0.2) is 48.9 Å². The highest BCUT2D eigenvalue weighted by atomic mass is 35.5. The molecule has 4 aromatic rings. The maximum Gasteiger partial charge on any atom is 0.319 e. The SMILES string of the molecule is [C-]#[N+]C[C@H]1CN(c2nc(OCCCS(C)(=O)=O)nc3c(F)c(-c4cccc5ccc(F)c(Cl)c45)ncc23)CCN1C(=O)C(=C)F. The van der Waals surface area contributed by atoms with Crippen LogP contribution in [0.4, 0.5) is 19.0 Å². The van der Waals surface area contributed by atoms with Crippen molar-refractivity contribution in [3.05, 3.63) is 77.0 Å². The van der Waals surface area contributed by atoms with E-state index in [1.54, 1.807) is 23.1 Å². The topological polar surface area (TPSA) is 110 Å². The number of halogens is 4. The van der Waals surface area contributed by atoms with Crippen molar-refractivity contribution < 1.29 is 31.1 Å². The van der Waals surface area contributed by atoms with E-state index in [2.05, 4.69) is 26.4 Å². The summed E-state index contributed by atoms with van der Waals surface area (Å²) >= 11 is 6.30. The van der Waals surface area contributed by atoms with Crippen molar-refractivity contribution in [2.45, 2.75) is 12.5 Å². The lowest BCUT2D eigenvalue weighted by atomic mass is 10.0. The van der Waals surface area contributed by atoms with Gasteiger partial charge in [-0.15, -0.1) is 0 Å². The van der Waals surface area contributed by atoms with Gasteiger partial charge < -0.3 is 19.4 Å². The predicted molar refractivity (Wildman–Crippen MR) is 164 cm³/mol. The Hall–Kier alpha value is -4.48. The molecule has 0 saturated carbocycles. The summed E-state index contributed by atoms with van der Waals surface area (Å²) in [5.41, 5.74) is -0.121. The van der Waals surface area contributed by atoms with Crippen molar-refractivity contribution in [3.63, 3.8) is 0 Å². The molecular formula is C30H26ClF3N6O4S. The standard InChI is InChI=1S/C30H26ClF3N6O4S/c1-17(32)29(41)40-11-10-39(16-19(40)14-35-2)28-21-15-36-26(20-7-4-6-18-8-9-22(33)24(31)23(18)20)25(34)27(21)37-30(38-28)44-12-5-13-45(3,42)43/h4,6-9,15,19H,1,5,10-14,16H2,3H3/t19-/m0/s1. The molecule has 0 bridgehead atoms. The normalized spacial score (nSPS) is 15.3. The fourth-order valence-corrected chi connectivity index (χ4v) is 6.16. The van der Waals surface area contributed by atoms with Gasteiger partial charge in [0.05, 0.1) is 22.8 Å². The Morgan fingerprint density at radius 3 is 2.71 bits per heavy atom. The Morgan fingerprint density at radius 2 is 2.00 bits per heavy atom. The van der Waals surface area contributed by atoms with E-state index in [1.165, 1.54) is 23.2 Å². The number of hydrogen-bond acceptors (Lipinski definition) is 8. The number of benzene rings is 2. The van der Waals surface area contributed by atoms with E-state index >= 15 is 4.39 Å². The first-order chi connectivity index (χ1) is 21.4. The van der Waals surface area contributed by atoms with Crippen molar-refractivity contribution in [1.29, 1.82) is 0 Å². The van der Waals surface area contributed by atoms with Crippen molar-refractivity contribution in [2.75, 3.05) is 49.7 Å². The van der Waals surface area contributed by atoms with Gasteiger partial charge in [0, 0.05) is 43.0 Å². The average molecular weight is 659 g/mol. The molecule has 0 unspecified atom stereocenters. The van der Waals surface area contributed by atoms with Gasteiger partial charge in [0.15, 0.2) is 11.6 Å². The number of hydrogen-bond donors (Lipinski definition) is 0. The van der Waals surface area contributed by atoms with Crippen LogP contribution in [0.25, 0.3) is 37.8 Å². The van der Waals surface area contributed by atoms with Crippen LogP contribution in [0.2, 0.25) is 5.02 Å². The number of ether oxygens (including phenoxy) is 1. The lowest BCUT2D eigenvalue weighted by Gasteiger charge is -2.39. The summed E-state index contributed by atoms with van der Waals surface area (Å²) in [4.78, 5) is 31.8. The van der Waals surface area contributed by atoms with Gasteiger partial charge in [0.2, 0.25) is 6.54 Å². The van der Waals surface area contributed by atoms with Crippen LogP contribution in [0, 0.1) is 18.2 Å². The summed E-state index contributed by atoms with van der Waals surface area (Å²) in [6.07, 6.45) is 2.57. The van der Waals surface area contributed by atoms with E-state index in [1.807, 2.05) is 0 Å². The van der Waals surface area contributed by atoms with E-state index in [4.69, 9.17) is 22.9 Å². The van der Waals surface area contributed by atoms with Gasteiger partial charge >= 0.3 is 6.01 Å². The van der Waals surface area contributed by atoms with Crippen LogP contribution in [-0.2, 0) is 14.6 Å². The zero-order valence-corrected chi connectivity index (χ0v) is 25.5. The van der Waals surface area contributed by atoms with Crippen molar-refractivity contribution >= 4 is 54.8 Å². The summed E-state index contributed by atoms with van der Waals surface area (Å²) in [5.74, 6) is -3.60. The number of carbonyl (C=O) groups excluding carboxylic acids is 1. The van der Waals surface area contributed by atoms with Crippen molar-refractivity contribution in [3.8, 4) is 17.3 Å². The highest BCUT2D eigenvalue weighted by molar-refractivity contribution is 7.90. The Kier molecular flexibility index (Phi) is 9.13. The number of pyridine rings is 1. The number of piperazine rings is 1. The average Bonchev–Trinajstić information content (AvgIpc) is 3.00. The number of anilines is 1. The second-order valence-electron chi connectivity index (χ2n) is 10.5. The molecule has 1 fully saturated rings. The molecular weight excluding hydrogens is 633 g/mol. The summed E-state index contributed by atoms with van der Waals surface area (Å²) in [7, 11) is -3.26. The number of amides is 1. The third-order valence-electron chi connectivity index (χ3n) is 7.30. The van der Waals surface area contributed by atoms with Crippen LogP contribution < -0.4 is 9.64 Å². The molecule has 0 aliphatic carbocycles. The van der Waals surface area contributed by atoms with E-state index < -0.39 is 39.2 Å². The van der Waals surface area contributed by atoms with Gasteiger partial charge in [-0.05, 0) is 17.9 Å². The molecule has 1 saturated heterocycles. The number of nitrogens with zero attached hydrogens (tertiary/aromatic N) is 6. The second kappa shape index (κ2) is 12.9. The minimum atomic E-state index is -3.26. The molecule has 2 aromatic heterocycles.